The van der Waals surface area contributed by atoms with Crippen molar-refractivity contribution in [2.45, 2.75) is 13.1 Å². The number of alkyl halides is 3. The molecule has 0 N–H and O–H groups in total. The van der Waals surface area contributed by atoms with Gasteiger partial charge < -0.3 is 4.74 Å². The van der Waals surface area contributed by atoms with E-state index < -0.39 is 12.8 Å². The zero-order valence-electron chi connectivity index (χ0n) is 8.68. The molecule has 1 heterocycles. The lowest BCUT2D eigenvalue weighted by Crippen LogP contribution is -2.20. The lowest BCUT2D eigenvalue weighted by Gasteiger charge is -2.09. The van der Waals surface area contributed by atoms with Crippen LogP contribution < -0.4 is 4.74 Å². The van der Waals surface area contributed by atoms with Gasteiger partial charge in [0.05, 0.1) is 11.3 Å². The highest BCUT2D eigenvalue weighted by molar-refractivity contribution is 9.11. The lowest BCUT2D eigenvalue weighted by molar-refractivity contribution is -0.154. The number of rotatable bonds is 3. The minimum absolute atomic E-state index is 0.102. The van der Waals surface area contributed by atoms with Crippen LogP contribution in [0.3, 0.4) is 0 Å². The van der Waals surface area contributed by atoms with E-state index in [1.165, 1.54) is 16.7 Å². The number of aromatic nitrogens is 2. The molecule has 0 atom stereocenters. The Labute approximate surface area is 99.0 Å². The first-order valence-electron chi connectivity index (χ1n) is 4.35. The van der Waals surface area contributed by atoms with Crippen LogP contribution in [0.1, 0.15) is 11.3 Å². The van der Waals surface area contributed by atoms with Gasteiger partial charge in [-0.25, -0.2) is 4.68 Å². The summed E-state index contributed by atoms with van der Waals surface area (Å²) in [4.78, 5) is 1.54. The van der Waals surface area contributed by atoms with E-state index in [0.717, 1.165) is 0 Å². The van der Waals surface area contributed by atoms with Crippen LogP contribution in [0.5, 0.6) is 5.88 Å². The van der Waals surface area contributed by atoms with Crippen LogP contribution in [0.15, 0.2) is 4.99 Å². The molecule has 0 fully saturated rings. The Morgan fingerprint density at radius 3 is 2.62 bits per heavy atom. The molecule has 0 aromatic carbocycles. The van der Waals surface area contributed by atoms with Gasteiger partial charge >= 0.3 is 6.18 Å². The number of hydrogen-bond donors (Lipinski definition) is 0. The Balaban J connectivity index is 2.94. The SMILES string of the molecule is Cc1nn(C)c(OCC(F)(F)F)c1/C=C/Br. The average molecular weight is 299 g/mol. The Morgan fingerprint density at radius 1 is 1.50 bits per heavy atom. The van der Waals surface area contributed by atoms with Gasteiger partial charge in [-0.3, -0.25) is 0 Å². The maximum absolute atomic E-state index is 12.0. The fourth-order valence-electron chi connectivity index (χ4n) is 1.23. The maximum atomic E-state index is 12.0. The third-order valence-electron chi connectivity index (χ3n) is 1.82. The Morgan fingerprint density at radius 2 is 2.12 bits per heavy atom. The third-order valence-corrected chi connectivity index (χ3v) is 2.08. The predicted octanol–water partition coefficient (Wildman–Crippen LogP) is 3.04. The van der Waals surface area contributed by atoms with Crippen molar-refractivity contribution in [3.05, 3.63) is 16.2 Å². The number of hydrogen-bond acceptors (Lipinski definition) is 2. The summed E-state index contributed by atoms with van der Waals surface area (Å²) in [5.41, 5.74) is 1.14. The molecule has 0 spiro atoms. The number of halogens is 4. The van der Waals surface area contributed by atoms with Gasteiger partial charge in [-0.05, 0) is 18.0 Å². The fourth-order valence-corrected chi connectivity index (χ4v) is 1.49. The van der Waals surface area contributed by atoms with Crippen LogP contribution in [0.4, 0.5) is 13.2 Å². The molecule has 0 aliphatic rings. The molecule has 0 aliphatic heterocycles. The molecular weight excluding hydrogens is 289 g/mol. The quantitative estimate of drug-likeness (QED) is 0.858. The van der Waals surface area contributed by atoms with E-state index in [1.807, 2.05) is 0 Å². The highest BCUT2D eigenvalue weighted by atomic mass is 79.9. The van der Waals surface area contributed by atoms with Gasteiger partial charge in [0.25, 0.3) is 0 Å². The van der Waals surface area contributed by atoms with Crippen molar-refractivity contribution in [1.82, 2.24) is 9.78 Å². The Hall–Kier alpha value is -0.980. The molecule has 0 radical (unpaired) electrons. The van der Waals surface area contributed by atoms with Gasteiger partial charge in [0, 0.05) is 7.05 Å². The minimum Gasteiger partial charge on any atom is -0.468 e. The molecule has 0 aliphatic carbocycles. The predicted molar refractivity (Wildman–Crippen MR) is 57.5 cm³/mol. The Bertz CT molecular complexity index is 398. The zero-order chi connectivity index (χ0) is 12.3. The van der Waals surface area contributed by atoms with E-state index in [0.29, 0.717) is 11.3 Å². The first kappa shape index (κ1) is 13.1. The summed E-state index contributed by atoms with van der Waals surface area (Å²) in [5, 5.41) is 3.98. The molecule has 0 saturated heterocycles. The van der Waals surface area contributed by atoms with Crippen LogP contribution in [0.25, 0.3) is 6.08 Å². The third kappa shape index (κ3) is 3.26. The number of nitrogens with zero attached hydrogens (tertiary/aromatic N) is 2. The summed E-state index contributed by atoms with van der Waals surface area (Å²) < 4.78 is 42.0. The summed E-state index contributed by atoms with van der Waals surface area (Å²) in [5.74, 6) is 0.102. The fraction of sp³-hybridized carbons (Fsp3) is 0.444. The van der Waals surface area contributed by atoms with Gasteiger partial charge in [-0.2, -0.15) is 18.3 Å². The summed E-state index contributed by atoms with van der Waals surface area (Å²) in [6.07, 6.45) is -2.76. The maximum Gasteiger partial charge on any atom is 0.422 e. The second-order valence-corrected chi connectivity index (χ2v) is 3.65. The van der Waals surface area contributed by atoms with E-state index in [4.69, 9.17) is 4.74 Å². The highest BCUT2D eigenvalue weighted by Gasteiger charge is 2.29. The molecule has 0 saturated carbocycles. The molecule has 0 amide bonds. The molecule has 16 heavy (non-hydrogen) atoms. The molecule has 1 aromatic heterocycles. The van der Waals surface area contributed by atoms with Gasteiger partial charge in [0.2, 0.25) is 5.88 Å². The van der Waals surface area contributed by atoms with Crippen molar-refractivity contribution in [2.24, 2.45) is 7.05 Å². The van der Waals surface area contributed by atoms with Gasteiger partial charge in [0.15, 0.2) is 6.61 Å². The molecule has 1 aromatic rings. The molecule has 7 heteroatoms. The summed E-state index contributed by atoms with van der Waals surface area (Å²) in [6.45, 7) is 0.373. The van der Waals surface area contributed by atoms with Crippen molar-refractivity contribution in [1.29, 1.82) is 0 Å². The largest absolute Gasteiger partial charge is 0.468 e. The molecule has 1 rings (SSSR count). The number of aryl methyl sites for hydroxylation is 2. The molecular formula is C9H10BrF3N2O. The zero-order valence-corrected chi connectivity index (χ0v) is 10.3. The Kier molecular flexibility index (Phi) is 4.01. The summed E-state index contributed by atoms with van der Waals surface area (Å²) in [7, 11) is 1.53. The monoisotopic (exact) mass is 298 g/mol. The average Bonchev–Trinajstić information content (AvgIpc) is 2.39. The van der Waals surface area contributed by atoms with E-state index in [2.05, 4.69) is 21.0 Å². The standard InChI is InChI=1S/C9H10BrF3N2O/c1-6-7(3-4-10)8(15(2)14-6)16-5-9(11,12)13/h3-4H,5H2,1-2H3/b4-3+. The van der Waals surface area contributed by atoms with Crippen LogP contribution in [0.2, 0.25) is 0 Å². The van der Waals surface area contributed by atoms with Gasteiger partial charge in [-0.1, -0.05) is 15.9 Å². The van der Waals surface area contributed by atoms with E-state index in [-0.39, 0.29) is 5.88 Å². The van der Waals surface area contributed by atoms with Crippen LogP contribution in [-0.4, -0.2) is 22.6 Å². The summed E-state index contributed by atoms with van der Waals surface area (Å²) in [6, 6.07) is 0. The highest BCUT2D eigenvalue weighted by Crippen LogP contribution is 2.25. The molecule has 0 unspecified atom stereocenters. The summed E-state index contributed by atoms with van der Waals surface area (Å²) >= 11 is 3.06. The van der Waals surface area contributed by atoms with Crippen molar-refractivity contribution < 1.29 is 17.9 Å². The first-order valence-corrected chi connectivity index (χ1v) is 5.26. The van der Waals surface area contributed by atoms with Crippen molar-refractivity contribution in [2.75, 3.05) is 6.61 Å². The van der Waals surface area contributed by atoms with E-state index >= 15 is 0 Å². The van der Waals surface area contributed by atoms with Crippen LogP contribution >= 0.6 is 15.9 Å². The normalized spacial score (nSPS) is 12.4. The van der Waals surface area contributed by atoms with Crippen molar-refractivity contribution in [3.8, 4) is 5.88 Å². The smallest absolute Gasteiger partial charge is 0.422 e. The van der Waals surface area contributed by atoms with Gasteiger partial charge in [0.1, 0.15) is 0 Å². The van der Waals surface area contributed by atoms with Crippen LogP contribution in [-0.2, 0) is 7.05 Å². The molecule has 0 bridgehead atoms. The molecule has 3 nitrogen and oxygen atoms in total. The van der Waals surface area contributed by atoms with Crippen molar-refractivity contribution >= 4 is 22.0 Å². The van der Waals surface area contributed by atoms with Crippen LogP contribution in [0, 0.1) is 6.92 Å². The molecule has 90 valence electrons. The minimum atomic E-state index is -4.35. The lowest BCUT2D eigenvalue weighted by atomic mass is 10.2. The number of ether oxygens (including phenoxy) is 1. The van der Waals surface area contributed by atoms with Gasteiger partial charge in [-0.15, -0.1) is 0 Å². The second-order valence-electron chi connectivity index (χ2n) is 3.12. The van der Waals surface area contributed by atoms with E-state index in [9.17, 15) is 13.2 Å². The topological polar surface area (TPSA) is 27.1 Å². The van der Waals surface area contributed by atoms with E-state index in [1.54, 1.807) is 13.0 Å². The second kappa shape index (κ2) is 4.90. The first-order chi connectivity index (χ1) is 7.35. The van der Waals surface area contributed by atoms with Crippen molar-refractivity contribution in [3.63, 3.8) is 0 Å².